The predicted octanol–water partition coefficient (Wildman–Crippen LogP) is 2.10. The van der Waals surface area contributed by atoms with Gasteiger partial charge in [-0.05, 0) is 19.1 Å². The Hall–Kier alpha value is -1.36. The topological polar surface area (TPSA) is 54.6 Å². The van der Waals surface area contributed by atoms with E-state index < -0.39 is 5.97 Å². The highest BCUT2D eigenvalue weighted by Gasteiger charge is 2.14. The second kappa shape index (κ2) is 3.09. The molecule has 0 aliphatic rings. The number of halogens is 1. The number of aromatic nitrogens is 2. The number of fused-ring (bicyclic) bond motifs is 1. The number of nitrogens with zero attached hydrogens (tertiary/aromatic N) is 2. The molecule has 4 nitrogen and oxygen atoms in total. The number of pyridine rings is 1. The van der Waals surface area contributed by atoms with Crippen LogP contribution in [0, 0.1) is 6.92 Å². The van der Waals surface area contributed by atoms with E-state index in [1.807, 2.05) is 6.07 Å². The number of carboxylic acid groups (broad SMARTS) is 1. The first kappa shape index (κ1) is 9.21. The van der Waals surface area contributed by atoms with Gasteiger partial charge < -0.3 is 9.51 Å². The van der Waals surface area contributed by atoms with Crippen LogP contribution in [-0.2, 0) is 0 Å². The van der Waals surface area contributed by atoms with Crippen LogP contribution in [0.1, 0.15) is 16.3 Å². The molecule has 14 heavy (non-hydrogen) atoms. The maximum atomic E-state index is 10.8. The van der Waals surface area contributed by atoms with Gasteiger partial charge in [0.15, 0.2) is 5.69 Å². The summed E-state index contributed by atoms with van der Waals surface area (Å²) in [5.41, 5.74) is 0.688. The number of hydrogen-bond donors (Lipinski definition) is 1. The summed E-state index contributed by atoms with van der Waals surface area (Å²) in [5, 5.41) is 8.90. The van der Waals surface area contributed by atoms with Crippen molar-refractivity contribution < 1.29 is 9.90 Å². The van der Waals surface area contributed by atoms with E-state index in [0.717, 1.165) is 4.47 Å². The lowest BCUT2D eigenvalue weighted by Crippen LogP contribution is -1.97. The van der Waals surface area contributed by atoms with Crippen molar-refractivity contribution in [1.29, 1.82) is 0 Å². The quantitative estimate of drug-likeness (QED) is 0.848. The molecule has 0 saturated heterocycles. The summed E-state index contributed by atoms with van der Waals surface area (Å²) in [5.74, 6) is -0.335. The summed E-state index contributed by atoms with van der Waals surface area (Å²) in [6, 6.07) is 3.58. The Balaban J connectivity index is 2.85. The minimum absolute atomic E-state index is 0.0869. The number of carboxylic acids is 1. The Kier molecular flexibility index (Phi) is 2.03. The zero-order valence-electron chi connectivity index (χ0n) is 7.36. The third kappa shape index (κ3) is 1.29. The minimum Gasteiger partial charge on any atom is -0.476 e. The highest BCUT2D eigenvalue weighted by atomic mass is 79.9. The van der Waals surface area contributed by atoms with Crippen LogP contribution in [0.15, 0.2) is 22.8 Å². The Morgan fingerprint density at radius 1 is 1.64 bits per heavy atom. The monoisotopic (exact) mass is 254 g/mol. The molecule has 0 radical (unpaired) electrons. The van der Waals surface area contributed by atoms with E-state index in [9.17, 15) is 4.79 Å². The molecule has 0 fully saturated rings. The highest BCUT2D eigenvalue weighted by molar-refractivity contribution is 9.10. The maximum absolute atomic E-state index is 10.8. The summed E-state index contributed by atoms with van der Waals surface area (Å²) >= 11 is 3.29. The van der Waals surface area contributed by atoms with E-state index in [-0.39, 0.29) is 5.69 Å². The number of rotatable bonds is 1. The molecule has 2 heterocycles. The number of aryl methyl sites for hydroxylation is 1. The zero-order valence-corrected chi connectivity index (χ0v) is 8.95. The first-order valence-corrected chi connectivity index (χ1v) is 4.76. The smallest absolute Gasteiger partial charge is 0.356 e. The fraction of sp³-hybridized carbons (Fsp3) is 0.111. The van der Waals surface area contributed by atoms with Crippen molar-refractivity contribution in [3.63, 3.8) is 0 Å². The van der Waals surface area contributed by atoms with Gasteiger partial charge in [0.1, 0.15) is 5.82 Å². The number of imidazole rings is 1. The van der Waals surface area contributed by atoms with E-state index in [2.05, 4.69) is 20.9 Å². The van der Waals surface area contributed by atoms with Crippen LogP contribution in [0.3, 0.4) is 0 Å². The lowest BCUT2D eigenvalue weighted by Gasteiger charge is -1.96. The molecule has 2 rings (SSSR count). The molecular weight excluding hydrogens is 248 g/mol. The second-order valence-electron chi connectivity index (χ2n) is 2.91. The Labute approximate surface area is 88.3 Å². The number of hydrogen-bond acceptors (Lipinski definition) is 2. The summed E-state index contributed by atoms with van der Waals surface area (Å²) < 4.78 is 2.58. The lowest BCUT2D eigenvalue weighted by molar-refractivity contribution is 0.0693. The SMILES string of the molecule is Cc1nc(C(=O)O)c2cc(Br)ccn12. The molecule has 1 N–H and O–H groups in total. The van der Waals surface area contributed by atoms with Crippen LogP contribution in [0.5, 0.6) is 0 Å². The average Bonchev–Trinajstić information content (AvgIpc) is 2.43. The van der Waals surface area contributed by atoms with Gasteiger partial charge >= 0.3 is 5.97 Å². The first-order valence-electron chi connectivity index (χ1n) is 3.97. The Bertz CT molecular complexity index is 519. The molecule has 0 aliphatic carbocycles. The molecule has 0 saturated carbocycles. The molecule has 0 unspecified atom stereocenters. The maximum Gasteiger partial charge on any atom is 0.356 e. The molecule has 72 valence electrons. The molecular formula is C9H7BrN2O2. The molecule has 0 amide bonds. The van der Waals surface area contributed by atoms with Gasteiger partial charge in [-0.25, -0.2) is 9.78 Å². The van der Waals surface area contributed by atoms with Crippen LogP contribution in [0.25, 0.3) is 5.52 Å². The van der Waals surface area contributed by atoms with Crippen molar-refractivity contribution in [2.24, 2.45) is 0 Å². The van der Waals surface area contributed by atoms with Gasteiger partial charge in [-0.15, -0.1) is 0 Å². The fourth-order valence-electron chi connectivity index (χ4n) is 1.37. The third-order valence-corrected chi connectivity index (χ3v) is 2.48. The third-order valence-electron chi connectivity index (χ3n) is 1.98. The van der Waals surface area contributed by atoms with Crippen LogP contribution in [-0.4, -0.2) is 20.5 Å². The summed E-state index contributed by atoms with van der Waals surface area (Å²) in [7, 11) is 0. The molecule has 5 heteroatoms. The predicted molar refractivity (Wildman–Crippen MR) is 54.6 cm³/mol. The van der Waals surface area contributed by atoms with Gasteiger partial charge in [0, 0.05) is 10.7 Å². The molecule has 0 spiro atoms. The Morgan fingerprint density at radius 3 is 3.00 bits per heavy atom. The van der Waals surface area contributed by atoms with Gasteiger partial charge in [0.05, 0.1) is 5.52 Å². The van der Waals surface area contributed by atoms with Crippen molar-refractivity contribution in [1.82, 2.24) is 9.38 Å². The highest BCUT2D eigenvalue weighted by Crippen LogP contribution is 2.18. The van der Waals surface area contributed by atoms with E-state index in [4.69, 9.17) is 5.11 Å². The van der Waals surface area contributed by atoms with E-state index in [0.29, 0.717) is 11.3 Å². The molecule has 2 aromatic heterocycles. The summed E-state index contributed by atoms with van der Waals surface area (Å²) in [6.07, 6.45) is 1.79. The van der Waals surface area contributed by atoms with Crippen molar-refractivity contribution in [3.8, 4) is 0 Å². The van der Waals surface area contributed by atoms with Crippen LogP contribution in [0.4, 0.5) is 0 Å². The van der Waals surface area contributed by atoms with Crippen molar-refractivity contribution in [3.05, 3.63) is 34.3 Å². The van der Waals surface area contributed by atoms with Gasteiger partial charge in [-0.1, -0.05) is 15.9 Å². The van der Waals surface area contributed by atoms with Crippen molar-refractivity contribution in [2.75, 3.05) is 0 Å². The van der Waals surface area contributed by atoms with E-state index in [1.165, 1.54) is 0 Å². The summed E-state index contributed by atoms with van der Waals surface area (Å²) in [4.78, 5) is 14.8. The molecule has 0 bridgehead atoms. The second-order valence-corrected chi connectivity index (χ2v) is 3.83. The Morgan fingerprint density at radius 2 is 2.36 bits per heavy atom. The van der Waals surface area contributed by atoms with Crippen molar-refractivity contribution >= 4 is 27.4 Å². The fourth-order valence-corrected chi connectivity index (χ4v) is 1.70. The van der Waals surface area contributed by atoms with Crippen LogP contribution >= 0.6 is 15.9 Å². The molecule has 0 aromatic carbocycles. The standard InChI is InChI=1S/C9H7BrN2O2/c1-5-11-8(9(13)14)7-4-6(10)2-3-12(5)7/h2-4H,1H3,(H,13,14). The zero-order chi connectivity index (χ0) is 10.3. The van der Waals surface area contributed by atoms with Crippen LogP contribution in [0.2, 0.25) is 0 Å². The van der Waals surface area contributed by atoms with Crippen LogP contribution < -0.4 is 0 Å². The van der Waals surface area contributed by atoms with Gasteiger partial charge in [-0.2, -0.15) is 0 Å². The first-order chi connectivity index (χ1) is 6.59. The number of carbonyl (C=O) groups is 1. The van der Waals surface area contributed by atoms with Gasteiger partial charge in [0.2, 0.25) is 0 Å². The molecule has 2 aromatic rings. The van der Waals surface area contributed by atoms with E-state index in [1.54, 1.807) is 23.6 Å². The van der Waals surface area contributed by atoms with Gasteiger partial charge in [-0.3, -0.25) is 0 Å². The lowest BCUT2D eigenvalue weighted by atomic mass is 10.3. The van der Waals surface area contributed by atoms with Crippen molar-refractivity contribution in [2.45, 2.75) is 6.92 Å². The summed E-state index contributed by atoms with van der Waals surface area (Å²) in [6.45, 7) is 1.77. The molecule has 0 aliphatic heterocycles. The largest absolute Gasteiger partial charge is 0.476 e. The average molecular weight is 255 g/mol. The minimum atomic E-state index is -1.01. The van der Waals surface area contributed by atoms with Gasteiger partial charge in [0.25, 0.3) is 0 Å². The van der Waals surface area contributed by atoms with E-state index >= 15 is 0 Å². The molecule has 0 atom stereocenters. The number of aromatic carboxylic acids is 1. The normalized spacial score (nSPS) is 10.7.